The average molecular weight is 273 g/mol. The Morgan fingerprint density at radius 3 is 2.56 bits per heavy atom. The second-order valence-electron chi connectivity index (χ2n) is 3.89. The lowest BCUT2D eigenvalue weighted by molar-refractivity contribution is 0.0957. The van der Waals surface area contributed by atoms with E-state index in [1.807, 2.05) is 11.8 Å². The summed E-state index contributed by atoms with van der Waals surface area (Å²) in [7, 11) is 0. The summed E-state index contributed by atoms with van der Waals surface area (Å²) >= 11 is 1.38. The first kappa shape index (κ1) is 15.1. The Bertz CT molecular complexity index is 389. The average Bonchev–Trinajstić information content (AvgIpc) is 2.71. The SMILES string of the molecule is Cc1sc(C(=O)NN)cc1CN(CCO)CCO. The Balaban J connectivity index is 2.76. The number of aliphatic hydroxyl groups excluding tert-OH is 2. The van der Waals surface area contributed by atoms with Crippen molar-refractivity contribution in [1.29, 1.82) is 0 Å². The molecule has 1 aromatic heterocycles. The molecule has 7 heteroatoms. The third-order valence-corrected chi connectivity index (χ3v) is 3.69. The van der Waals surface area contributed by atoms with Gasteiger partial charge in [-0.15, -0.1) is 11.3 Å². The van der Waals surface area contributed by atoms with Crippen molar-refractivity contribution < 1.29 is 15.0 Å². The van der Waals surface area contributed by atoms with Crippen LogP contribution in [0.5, 0.6) is 0 Å². The fourth-order valence-electron chi connectivity index (χ4n) is 1.65. The third kappa shape index (κ3) is 4.04. The van der Waals surface area contributed by atoms with Crippen molar-refractivity contribution >= 4 is 17.2 Å². The van der Waals surface area contributed by atoms with E-state index in [0.29, 0.717) is 24.5 Å². The summed E-state index contributed by atoms with van der Waals surface area (Å²) in [6.07, 6.45) is 0. The van der Waals surface area contributed by atoms with E-state index in [2.05, 4.69) is 5.43 Å². The lowest BCUT2D eigenvalue weighted by atomic mass is 10.2. The predicted octanol–water partition coefficient (Wildman–Crippen LogP) is -0.553. The summed E-state index contributed by atoms with van der Waals surface area (Å²) in [6, 6.07) is 1.80. The molecule has 0 spiro atoms. The Morgan fingerprint density at radius 1 is 1.44 bits per heavy atom. The highest BCUT2D eigenvalue weighted by Crippen LogP contribution is 2.22. The number of nitrogen functional groups attached to an aromatic ring is 1. The van der Waals surface area contributed by atoms with Gasteiger partial charge in [0.25, 0.3) is 5.91 Å². The van der Waals surface area contributed by atoms with Gasteiger partial charge >= 0.3 is 0 Å². The summed E-state index contributed by atoms with van der Waals surface area (Å²) in [4.78, 5) is 14.9. The second-order valence-corrected chi connectivity index (χ2v) is 5.15. The van der Waals surface area contributed by atoms with Crippen LogP contribution in [0.4, 0.5) is 0 Å². The Labute approximate surface area is 110 Å². The number of hydrazine groups is 1. The van der Waals surface area contributed by atoms with Crippen LogP contribution in [0.1, 0.15) is 20.1 Å². The van der Waals surface area contributed by atoms with Crippen LogP contribution in [-0.4, -0.2) is 47.3 Å². The largest absolute Gasteiger partial charge is 0.395 e. The van der Waals surface area contributed by atoms with Gasteiger partial charge in [0.15, 0.2) is 0 Å². The van der Waals surface area contributed by atoms with Gasteiger partial charge < -0.3 is 10.2 Å². The molecule has 0 atom stereocenters. The number of rotatable bonds is 7. The minimum atomic E-state index is -0.301. The maximum absolute atomic E-state index is 11.4. The number of aryl methyl sites for hydroxylation is 1. The fraction of sp³-hybridized carbons (Fsp3) is 0.545. The van der Waals surface area contributed by atoms with Gasteiger partial charge in [0.05, 0.1) is 18.1 Å². The van der Waals surface area contributed by atoms with Crippen molar-refractivity contribution in [3.05, 3.63) is 21.4 Å². The first-order valence-electron chi connectivity index (χ1n) is 5.66. The van der Waals surface area contributed by atoms with Crippen molar-refractivity contribution in [2.24, 2.45) is 5.84 Å². The molecule has 0 aliphatic carbocycles. The molecular weight excluding hydrogens is 254 g/mol. The highest BCUT2D eigenvalue weighted by atomic mass is 32.1. The Kier molecular flexibility index (Phi) is 6.23. The van der Waals surface area contributed by atoms with Crippen molar-refractivity contribution in [2.45, 2.75) is 13.5 Å². The fourth-order valence-corrected chi connectivity index (χ4v) is 2.59. The predicted molar refractivity (Wildman–Crippen MR) is 70.2 cm³/mol. The molecule has 0 bridgehead atoms. The number of thiophene rings is 1. The van der Waals surface area contributed by atoms with E-state index in [1.165, 1.54) is 11.3 Å². The molecule has 0 aliphatic heterocycles. The number of amides is 1. The summed E-state index contributed by atoms with van der Waals surface area (Å²) < 4.78 is 0. The number of aliphatic hydroxyl groups is 2. The topological polar surface area (TPSA) is 98.8 Å². The van der Waals surface area contributed by atoms with E-state index >= 15 is 0 Å². The minimum Gasteiger partial charge on any atom is -0.395 e. The monoisotopic (exact) mass is 273 g/mol. The summed E-state index contributed by atoms with van der Waals surface area (Å²) in [5.74, 6) is 4.79. The van der Waals surface area contributed by atoms with Gasteiger partial charge in [-0.25, -0.2) is 5.84 Å². The zero-order valence-corrected chi connectivity index (χ0v) is 11.2. The Morgan fingerprint density at radius 2 is 2.06 bits per heavy atom. The maximum Gasteiger partial charge on any atom is 0.275 e. The summed E-state index contributed by atoms with van der Waals surface area (Å²) in [5, 5.41) is 17.9. The van der Waals surface area contributed by atoms with Gasteiger partial charge in [-0.3, -0.25) is 15.1 Å². The van der Waals surface area contributed by atoms with Crippen LogP contribution in [0, 0.1) is 6.92 Å². The second kappa shape index (κ2) is 7.45. The molecule has 1 amide bonds. The van der Waals surface area contributed by atoms with Crippen molar-refractivity contribution in [3.63, 3.8) is 0 Å². The first-order valence-corrected chi connectivity index (χ1v) is 6.48. The number of nitrogens with two attached hydrogens (primary N) is 1. The van der Waals surface area contributed by atoms with E-state index in [4.69, 9.17) is 16.1 Å². The standard InChI is InChI=1S/C11H19N3O3S/c1-8-9(6-10(18-8)11(17)13-12)7-14(2-4-15)3-5-16/h6,15-16H,2-5,7,12H2,1H3,(H,13,17). The van der Waals surface area contributed by atoms with Crippen molar-refractivity contribution in [3.8, 4) is 0 Å². The molecule has 1 aromatic rings. The van der Waals surface area contributed by atoms with Crippen molar-refractivity contribution in [1.82, 2.24) is 10.3 Å². The highest BCUT2D eigenvalue weighted by molar-refractivity contribution is 7.14. The van der Waals surface area contributed by atoms with Crippen LogP contribution >= 0.6 is 11.3 Å². The van der Waals surface area contributed by atoms with Gasteiger partial charge in [-0.05, 0) is 18.6 Å². The zero-order valence-electron chi connectivity index (χ0n) is 10.3. The zero-order chi connectivity index (χ0) is 13.5. The van der Waals surface area contributed by atoms with Crippen LogP contribution < -0.4 is 11.3 Å². The maximum atomic E-state index is 11.4. The molecule has 18 heavy (non-hydrogen) atoms. The van der Waals surface area contributed by atoms with Gasteiger partial charge in [-0.1, -0.05) is 0 Å². The lowest BCUT2D eigenvalue weighted by Gasteiger charge is -2.19. The quantitative estimate of drug-likeness (QED) is 0.303. The molecule has 1 heterocycles. The van der Waals surface area contributed by atoms with Crippen LogP contribution in [0.2, 0.25) is 0 Å². The van der Waals surface area contributed by atoms with Crippen LogP contribution in [0.25, 0.3) is 0 Å². The van der Waals surface area contributed by atoms with Gasteiger partial charge in [0.1, 0.15) is 0 Å². The van der Waals surface area contributed by atoms with E-state index < -0.39 is 0 Å². The van der Waals surface area contributed by atoms with Crippen LogP contribution in [0.3, 0.4) is 0 Å². The Hall–Kier alpha value is -0.990. The third-order valence-electron chi connectivity index (χ3n) is 2.60. The van der Waals surface area contributed by atoms with Gasteiger partial charge in [0, 0.05) is 24.5 Å². The molecule has 0 unspecified atom stereocenters. The minimum absolute atomic E-state index is 0.0410. The number of nitrogens with one attached hydrogen (secondary N) is 1. The van der Waals surface area contributed by atoms with Crippen LogP contribution in [-0.2, 0) is 6.54 Å². The molecule has 0 aromatic carbocycles. The summed E-state index contributed by atoms with van der Waals surface area (Å²) in [6.45, 7) is 3.60. The molecular formula is C11H19N3O3S. The molecule has 0 saturated carbocycles. The van der Waals surface area contributed by atoms with Crippen molar-refractivity contribution in [2.75, 3.05) is 26.3 Å². The van der Waals surface area contributed by atoms with Crippen LogP contribution in [0.15, 0.2) is 6.07 Å². The number of hydrogen-bond acceptors (Lipinski definition) is 6. The van der Waals surface area contributed by atoms with E-state index in [9.17, 15) is 4.79 Å². The molecule has 102 valence electrons. The molecule has 0 fully saturated rings. The van der Waals surface area contributed by atoms with Gasteiger partial charge in [-0.2, -0.15) is 0 Å². The number of carbonyl (C=O) groups excluding carboxylic acids is 1. The lowest BCUT2D eigenvalue weighted by Crippen LogP contribution is -2.30. The molecule has 0 radical (unpaired) electrons. The highest BCUT2D eigenvalue weighted by Gasteiger charge is 2.13. The van der Waals surface area contributed by atoms with E-state index in [0.717, 1.165) is 10.4 Å². The number of hydrogen-bond donors (Lipinski definition) is 4. The van der Waals surface area contributed by atoms with E-state index in [-0.39, 0.29) is 19.1 Å². The van der Waals surface area contributed by atoms with E-state index in [1.54, 1.807) is 6.07 Å². The number of nitrogens with zero attached hydrogens (tertiary/aromatic N) is 1. The smallest absolute Gasteiger partial charge is 0.275 e. The molecule has 6 nitrogen and oxygen atoms in total. The molecule has 0 aliphatic rings. The summed E-state index contributed by atoms with van der Waals surface area (Å²) in [5.41, 5.74) is 3.12. The normalized spacial score (nSPS) is 10.9. The molecule has 5 N–H and O–H groups in total. The molecule has 0 saturated heterocycles. The first-order chi connectivity index (χ1) is 8.62. The number of carbonyl (C=O) groups is 1. The van der Waals surface area contributed by atoms with Gasteiger partial charge in [0.2, 0.25) is 0 Å². The molecule has 1 rings (SSSR count).